The minimum absolute atomic E-state index is 0.224. The van der Waals surface area contributed by atoms with Crippen LogP contribution >= 0.6 is 0 Å². The Bertz CT molecular complexity index is 700. The monoisotopic (exact) mass is 292 g/mol. The molecule has 0 unspecified atom stereocenters. The fourth-order valence-electron chi connectivity index (χ4n) is 1.85. The van der Waals surface area contributed by atoms with E-state index in [9.17, 15) is 8.42 Å². The molecule has 0 fully saturated rings. The van der Waals surface area contributed by atoms with E-state index in [0.717, 1.165) is 5.56 Å². The third-order valence-corrected chi connectivity index (χ3v) is 4.82. The summed E-state index contributed by atoms with van der Waals surface area (Å²) in [6.45, 7) is 1.81. The Morgan fingerprint density at radius 2 is 2.00 bits per heavy atom. The summed E-state index contributed by atoms with van der Waals surface area (Å²) in [4.78, 5) is 4.16. The van der Waals surface area contributed by atoms with Gasteiger partial charge in [0.2, 0.25) is 0 Å². The minimum Gasteiger partial charge on any atom is -0.496 e. The van der Waals surface area contributed by atoms with Crippen LogP contribution in [0.4, 0.5) is 5.69 Å². The number of pyridine rings is 1. The SMILES string of the molecule is COc1ccc(S(=O)(=O)N(C)c2cccnc2)cc1C. The predicted molar refractivity (Wildman–Crippen MR) is 77.6 cm³/mol. The lowest BCUT2D eigenvalue weighted by molar-refractivity contribution is 0.411. The van der Waals surface area contributed by atoms with Gasteiger partial charge < -0.3 is 4.74 Å². The molecule has 2 rings (SSSR count). The molecule has 0 aliphatic heterocycles. The number of aryl methyl sites for hydroxylation is 1. The van der Waals surface area contributed by atoms with E-state index in [4.69, 9.17) is 4.74 Å². The number of methoxy groups -OCH3 is 1. The van der Waals surface area contributed by atoms with Crippen molar-refractivity contribution in [3.8, 4) is 5.75 Å². The van der Waals surface area contributed by atoms with Gasteiger partial charge >= 0.3 is 0 Å². The number of hydrogen-bond donors (Lipinski definition) is 0. The molecule has 2 aromatic rings. The lowest BCUT2D eigenvalue weighted by Gasteiger charge is -2.19. The number of sulfonamides is 1. The number of ether oxygens (including phenoxy) is 1. The van der Waals surface area contributed by atoms with Gasteiger partial charge in [0, 0.05) is 13.2 Å². The number of hydrogen-bond acceptors (Lipinski definition) is 4. The van der Waals surface area contributed by atoms with Gasteiger partial charge in [-0.05, 0) is 42.8 Å². The summed E-state index contributed by atoms with van der Waals surface area (Å²) < 4.78 is 31.4. The van der Waals surface area contributed by atoms with Crippen molar-refractivity contribution in [2.45, 2.75) is 11.8 Å². The molecule has 0 spiro atoms. The molecule has 0 atom stereocenters. The molecule has 6 heteroatoms. The van der Waals surface area contributed by atoms with E-state index in [1.54, 1.807) is 37.6 Å². The molecule has 5 nitrogen and oxygen atoms in total. The predicted octanol–water partition coefficient (Wildman–Crippen LogP) is 2.22. The van der Waals surface area contributed by atoms with E-state index in [2.05, 4.69) is 4.98 Å². The fourth-order valence-corrected chi connectivity index (χ4v) is 3.12. The van der Waals surface area contributed by atoms with Crippen LogP contribution in [0.1, 0.15) is 5.56 Å². The summed E-state index contributed by atoms with van der Waals surface area (Å²) in [6.07, 6.45) is 3.11. The quantitative estimate of drug-likeness (QED) is 0.867. The summed E-state index contributed by atoms with van der Waals surface area (Å²) in [5, 5.41) is 0. The van der Waals surface area contributed by atoms with Crippen LogP contribution in [0.3, 0.4) is 0 Å². The van der Waals surface area contributed by atoms with Crippen LogP contribution in [-0.4, -0.2) is 27.6 Å². The first-order chi connectivity index (χ1) is 9.46. The molecule has 0 saturated heterocycles. The normalized spacial score (nSPS) is 11.2. The topological polar surface area (TPSA) is 59.5 Å². The highest BCUT2D eigenvalue weighted by atomic mass is 32.2. The lowest BCUT2D eigenvalue weighted by Crippen LogP contribution is -2.26. The standard InChI is InChI=1S/C14H16N2O3S/c1-11-9-13(6-7-14(11)19-3)20(17,18)16(2)12-5-4-8-15-10-12/h4-10H,1-3H3. The highest BCUT2D eigenvalue weighted by Crippen LogP contribution is 2.25. The molecule has 0 bridgehead atoms. The molecule has 0 aliphatic rings. The molecule has 0 N–H and O–H groups in total. The molecule has 0 aliphatic carbocycles. The van der Waals surface area contributed by atoms with Crippen molar-refractivity contribution in [1.82, 2.24) is 4.98 Å². The lowest BCUT2D eigenvalue weighted by atomic mass is 10.2. The number of nitrogens with zero attached hydrogens (tertiary/aromatic N) is 2. The molecule has 1 aromatic carbocycles. The molecule has 1 aromatic heterocycles. The average Bonchev–Trinajstić information content (AvgIpc) is 2.47. The van der Waals surface area contributed by atoms with Crippen molar-refractivity contribution in [2.24, 2.45) is 0 Å². The van der Waals surface area contributed by atoms with Crippen LogP contribution in [0.2, 0.25) is 0 Å². The molecular formula is C14H16N2O3S. The second-order valence-corrected chi connectivity index (χ2v) is 6.28. The van der Waals surface area contributed by atoms with E-state index >= 15 is 0 Å². The first-order valence-electron chi connectivity index (χ1n) is 6.00. The van der Waals surface area contributed by atoms with Crippen LogP contribution in [0, 0.1) is 6.92 Å². The fraction of sp³-hybridized carbons (Fsp3) is 0.214. The number of anilines is 1. The summed E-state index contributed by atoms with van der Waals surface area (Å²) in [5.74, 6) is 0.660. The van der Waals surface area contributed by atoms with Gasteiger partial charge in [0.15, 0.2) is 0 Å². The zero-order valence-corrected chi connectivity index (χ0v) is 12.4. The van der Waals surface area contributed by atoms with E-state index < -0.39 is 10.0 Å². The smallest absolute Gasteiger partial charge is 0.264 e. The van der Waals surface area contributed by atoms with Gasteiger partial charge in [-0.3, -0.25) is 9.29 Å². The Labute approximate surface area is 118 Å². The first kappa shape index (κ1) is 14.3. The van der Waals surface area contributed by atoms with Crippen LogP contribution in [-0.2, 0) is 10.0 Å². The van der Waals surface area contributed by atoms with Gasteiger partial charge in [0.25, 0.3) is 10.0 Å². The molecule has 0 saturated carbocycles. The number of aromatic nitrogens is 1. The van der Waals surface area contributed by atoms with E-state index in [-0.39, 0.29) is 4.90 Å². The van der Waals surface area contributed by atoms with Crippen molar-refractivity contribution in [3.05, 3.63) is 48.3 Å². The van der Waals surface area contributed by atoms with Crippen LogP contribution in [0.25, 0.3) is 0 Å². The number of benzene rings is 1. The van der Waals surface area contributed by atoms with Gasteiger partial charge in [-0.15, -0.1) is 0 Å². The second-order valence-electron chi connectivity index (χ2n) is 4.32. The van der Waals surface area contributed by atoms with Gasteiger partial charge in [-0.25, -0.2) is 8.42 Å². The van der Waals surface area contributed by atoms with Crippen LogP contribution in [0.5, 0.6) is 5.75 Å². The first-order valence-corrected chi connectivity index (χ1v) is 7.44. The average molecular weight is 292 g/mol. The molecule has 106 valence electrons. The molecule has 0 radical (unpaired) electrons. The molecule has 1 heterocycles. The molecular weight excluding hydrogens is 276 g/mol. The second kappa shape index (κ2) is 5.50. The Hall–Kier alpha value is -2.08. The van der Waals surface area contributed by atoms with E-state index in [1.807, 2.05) is 6.92 Å². The van der Waals surface area contributed by atoms with Gasteiger partial charge in [-0.1, -0.05) is 0 Å². The zero-order chi connectivity index (χ0) is 14.8. The van der Waals surface area contributed by atoms with E-state index in [0.29, 0.717) is 11.4 Å². The van der Waals surface area contributed by atoms with Crippen LogP contribution in [0.15, 0.2) is 47.6 Å². The van der Waals surface area contributed by atoms with Gasteiger partial charge in [0.1, 0.15) is 5.75 Å². The van der Waals surface area contributed by atoms with Crippen molar-refractivity contribution < 1.29 is 13.2 Å². The van der Waals surface area contributed by atoms with Crippen LogP contribution < -0.4 is 9.04 Å². The molecule has 0 amide bonds. The summed E-state index contributed by atoms with van der Waals surface area (Å²) in [7, 11) is -0.542. The third-order valence-electron chi connectivity index (χ3n) is 3.03. The Morgan fingerprint density at radius 3 is 2.55 bits per heavy atom. The maximum Gasteiger partial charge on any atom is 0.264 e. The third kappa shape index (κ3) is 2.60. The largest absolute Gasteiger partial charge is 0.496 e. The summed E-state index contributed by atoms with van der Waals surface area (Å²) in [5.41, 5.74) is 1.29. The minimum atomic E-state index is -3.60. The van der Waals surface area contributed by atoms with Crippen molar-refractivity contribution in [1.29, 1.82) is 0 Å². The van der Waals surface area contributed by atoms with Gasteiger partial charge in [-0.2, -0.15) is 0 Å². The Morgan fingerprint density at radius 1 is 1.25 bits per heavy atom. The zero-order valence-electron chi connectivity index (χ0n) is 11.6. The van der Waals surface area contributed by atoms with E-state index in [1.165, 1.54) is 23.6 Å². The summed E-state index contributed by atoms with van der Waals surface area (Å²) >= 11 is 0. The Balaban J connectivity index is 2.43. The van der Waals surface area contributed by atoms with Crippen molar-refractivity contribution in [3.63, 3.8) is 0 Å². The molecule has 20 heavy (non-hydrogen) atoms. The highest BCUT2D eigenvalue weighted by Gasteiger charge is 2.22. The van der Waals surface area contributed by atoms with Crippen molar-refractivity contribution >= 4 is 15.7 Å². The Kier molecular flexibility index (Phi) is 3.94. The highest BCUT2D eigenvalue weighted by molar-refractivity contribution is 7.92. The van der Waals surface area contributed by atoms with Crippen molar-refractivity contribution in [2.75, 3.05) is 18.5 Å². The number of rotatable bonds is 4. The maximum atomic E-state index is 12.5. The maximum absolute atomic E-state index is 12.5. The van der Waals surface area contributed by atoms with Gasteiger partial charge in [0.05, 0.1) is 23.9 Å². The summed E-state index contributed by atoms with van der Waals surface area (Å²) in [6, 6.07) is 8.18.